The summed E-state index contributed by atoms with van der Waals surface area (Å²) in [6.07, 6.45) is 13.8. The lowest BCUT2D eigenvalue weighted by Crippen LogP contribution is -2.51. The van der Waals surface area contributed by atoms with Crippen molar-refractivity contribution in [1.29, 1.82) is 0 Å². The van der Waals surface area contributed by atoms with Gasteiger partial charge in [-0.25, -0.2) is 5.01 Å². The van der Waals surface area contributed by atoms with E-state index in [1.807, 2.05) is 11.2 Å². The van der Waals surface area contributed by atoms with Crippen molar-refractivity contribution in [2.75, 3.05) is 32.8 Å². The van der Waals surface area contributed by atoms with Crippen molar-refractivity contribution in [3.05, 3.63) is 36.2 Å². The Morgan fingerprint density at radius 1 is 1.24 bits per heavy atom. The van der Waals surface area contributed by atoms with E-state index in [1.165, 1.54) is 0 Å². The van der Waals surface area contributed by atoms with Gasteiger partial charge in [-0.1, -0.05) is 31.2 Å². The second-order valence-corrected chi connectivity index (χ2v) is 8.99. The van der Waals surface area contributed by atoms with Crippen LogP contribution in [0.3, 0.4) is 0 Å². The van der Waals surface area contributed by atoms with E-state index in [0.717, 1.165) is 57.9 Å². The molecule has 0 spiro atoms. The topological polar surface area (TPSA) is 69.2 Å². The molecule has 0 bridgehead atoms. The van der Waals surface area contributed by atoms with Crippen molar-refractivity contribution in [2.45, 2.75) is 32.4 Å². The number of allylic oxidation sites excluding steroid dienone is 3. The second-order valence-electron chi connectivity index (χ2n) is 8.99. The molecule has 1 amide bonds. The average molecular weight is 398 g/mol. The van der Waals surface area contributed by atoms with Crippen LogP contribution in [0, 0.1) is 23.7 Å². The van der Waals surface area contributed by atoms with Gasteiger partial charge in [0.25, 0.3) is 5.91 Å². The number of carbonyl (C=O) groups excluding carboxylic acids is 1. The van der Waals surface area contributed by atoms with Crippen LogP contribution in [0.2, 0.25) is 0 Å². The Morgan fingerprint density at radius 3 is 2.90 bits per heavy atom. The SMILES string of the molecule is CC1CN(CC2C=CC=CC2)C[C@@H]1C1=NN2C(=CNC2C2CCOCC2)C(=O)N1. The molecule has 2 fully saturated rings. The fraction of sp³-hybridized carbons (Fsp3) is 0.636. The molecule has 2 N–H and O–H groups in total. The molecule has 1 aliphatic carbocycles. The van der Waals surface area contributed by atoms with Gasteiger partial charge < -0.3 is 20.3 Å². The largest absolute Gasteiger partial charge is 0.381 e. The maximum atomic E-state index is 12.8. The number of likely N-dealkylation sites (tertiary alicyclic amines) is 1. The molecule has 0 aromatic heterocycles. The van der Waals surface area contributed by atoms with E-state index < -0.39 is 0 Å². The number of amidine groups is 1. The molecule has 4 atom stereocenters. The van der Waals surface area contributed by atoms with Crippen molar-refractivity contribution in [2.24, 2.45) is 28.8 Å². The lowest BCUT2D eigenvalue weighted by molar-refractivity contribution is -0.118. The van der Waals surface area contributed by atoms with Crippen molar-refractivity contribution < 1.29 is 9.53 Å². The normalized spacial score (nSPS) is 35.2. The third-order valence-electron chi connectivity index (χ3n) is 6.90. The molecular weight excluding hydrogens is 366 g/mol. The minimum absolute atomic E-state index is 0.0388. The predicted octanol–water partition coefficient (Wildman–Crippen LogP) is 1.63. The minimum atomic E-state index is -0.0388. The van der Waals surface area contributed by atoms with Gasteiger partial charge >= 0.3 is 0 Å². The van der Waals surface area contributed by atoms with E-state index >= 15 is 0 Å². The van der Waals surface area contributed by atoms with Crippen LogP contribution in [0.15, 0.2) is 41.3 Å². The van der Waals surface area contributed by atoms with Gasteiger partial charge in [0.15, 0.2) is 0 Å². The maximum absolute atomic E-state index is 12.8. The van der Waals surface area contributed by atoms with Crippen molar-refractivity contribution in [1.82, 2.24) is 20.5 Å². The zero-order chi connectivity index (χ0) is 19.8. The number of amides is 1. The molecule has 29 heavy (non-hydrogen) atoms. The average Bonchev–Trinajstić information content (AvgIpc) is 3.33. The van der Waals surface area contributed by atoms with Crippen LogP contribution in [-0.4, -0.2) is 60.7 Å². The highest BCUT2D eigenvalue weighted by Gasteiger charge is 2.42. The summed E-state index contributed by atoms with van der Waals surface area (Å²) < 4.78 is 5.51. The van der Waals surface area contributed by atoms with Crippen molar-refractivity contribution in [3.63, 3.8) is 0 Å². The molecule has 2 saturated heterocycles. The summed E-state index contributed by atoms with van der Waals surface area (Å²) in [5.74, 6) is 2.56. The number of ether oxygens (including phenoxy) is 1. The third-order valence-corrected chi connectivity index (χ3v) is 6.90. The first kappa shape index (κ1) is 18.9. The summed E-state index contributed by atoms with van der Waals surface area (Å²) in [5, 5.41) is 13.4. The fourth-order valence-electron chi connectivity index (χ4n) is 5.26. The molecule has 3 unspecified atom stereocenters. The number of hydrogen-bond acceptors (Lipinski definition) is 6. The lowest BCUT2D eigenvalue weighted by atomic mass is 9.95. The predicted molar refractivity (Wildman–Crippen MR) is 111 cm³/mol. The Balaban J connectivity index is 1.29. The summed E-state index contributed by atoms with van der Waals surface area (Å²) in [6.45, 7) is 6.93. The van der Waals surface area contributed by atoms with E-state index in [0.29, 0.717) is 23.5 Å². The first-order valence-electron chi connectivity index (χ1n) is 11.0. The van der Waals surface area contributed by atoms with Crippen molar-refractivity contribution >= 4 is 11.7 Å². The van der Waals surface area contributed by atoms with Gasteiger partial charge in [0.05, 0.1) is 0 Å². The van der Waals surface area contributed by atoms with E-state index in [9.17, 15) is 4.79 Å². The van der Waals surface area contributed by atoms with E-state index in [2.05, 4.69) is 46.8 Å². The zero-order valence-electron chi connectivity index (χ0n) is 17.1. The van der Waals surface area contributed by atoms with Gasteiger partial charge in [-0.05, 0) is 31.1 Å². The molecule has 4 heterocycles. The number of hydrazone groups is 1. The van der Waals surface area contributed by atoms with Crippen LogP contribution in [0.4, 0.5) is 0 Å². The van der Waals surface area contributed by atoms with Crippen LogP contribution < -0.4 is 10.6 Å². The fourth-order valence-corrected chi connectivity index (χ4v) is 5.26. The van der Waals surface area contributed by atoms with Gasteiger partial charge in [-0.2, -0.15) is 5.10 Å². The number of fused-ring (bicyclic) bond motifs is 1. The smallest absolute Gasteiger partial charge is 0.276 e. The van der Waals surface area contributed by atoms with E-state index in [-0.39, 0.29) is 18.0 Å². The number of carbonyl (C=O) groups is 1. The monoisotopic (exact) mass is 397 g/mol. The molecule has 5 rings (SSSR count). The highest BCUT2D eigenvalue weighted by Crippen LogP contribution is 2.32. The lowest BCUT2D eigenvalue weighted by Gasteiger charge is -2.36. The third kappa shape index (κ3) is 3.73. The molecule has 0 radical (unpaired) electrons. The second kappa shape index (κ2) is 7.95. The van der Waals surface area contributed by atoms with E-state index in [4.69, 9.17) is 9.84 Å². The Hall–Kier alpha value is -2.12. The maximum Gasteiger partial charge on any atom is 0.276 e. The van der Waals surface area contributed by atoms with Crippen LogP contribution in [-0.2, 0) is 9.53 Å². The molecule has 0 aromatic carbocycles. The van der Waals surface area contributed by atoms with Gasteiger partial charge in [-0.3, -0.25) is 4.79 Å². The Kier molecular flexibility index (Phi) is 5.18. The summed E-state index contributed by atoms with van der Waals surface area (Å²) in [7, 11) is 0. The first-order valence-corrected chi connectivity index (χ1v) is 11.0. The number of hydrogen-bond donors (Lipinski definition) is 2. The van der Waals surface area contributed by atoms with Crippen LogP contribution in [0.25, 0.3) is 0 Å². The Bertz CT molecular complexity index is 767. The summed E-state index contributed by atoms with van der Waals surface area (Å²) >= 11 is 0. The molecule has 0 saturated carbocycles. The molecule has 5 aliphatic rings. The molecule has 7 heteroatoms. The molecule has 0 aromatic rings. The molecule has 156 valence electrons. The summed E-state index contributed by atoms with van der Waals surface area (Å²) in [4.78, 5) is 15.3. The highest BCUT2D eigenvalue weighted by atomic mass is 16.5. The highest BCUT2D eigenvalue weighted by molar-refractivity contribution is 6.08. The molecule has 7 nitrogen and oxygen atoms in total. The van der Waals surface area contributed by atoms with Gasteiger partial charge in [-0.15, -0.1) is 0 Å². The zero-order valence-corrected chi connectivity index (χ0v) is 17.1. The first-order chi connectivity index (χ1) is 14.2. The summed E-state index contributed by atoms with van der Waals surface area (Å²) in [6, 6.07) is 0. The van der Waals surface area contributed by atoms with Gasteiger partial charge in [0, 0.05) is 50.9 Å². The summed E-state index contributed by atoms with van der Waals surface area (Å²) in [5.41, 5.74) is 0.631. The minimum Gasteiger partial charge on any atom is -0.381 e. The van der Waals surface area contributed by atoms with Gasteiger partial charge in [0.1, 0.15) is 17.7 Å². The van der Waals surface area contributed by atoms with Gasteiger partial charge in [0.2, 0.25) is 0 Å². The van der Waals surface area contributed by atoms with Crippen molar-refractivity contribution in [3.8, 4) is 0 Å². The Labute approximate surface area is 172 Å². The molecular formula is C22H31N5O2. The number of rotatable bonds is 4. The Morgan fingerprint density at radius 2 is 2.10 bits per heavy atom. The van der Waals surface area contributed by atoms with Crippen LogP contribution >= 0.6 is 0 Å². The van der Waals surface area contributed by atoms with Crippen LogP contribution in [0.5, 0.6) is 0 Å². The molecule has 4 aliphatic heterocycles. The quantitative estimate of drug-likeness (QED) is 0.755. The number of nitrogens with zero attached hydrogens (tertiary/aromatic N) is 3. The number of nitrogens with one attached hydrogen (secondary N) is 2. The standard InChI is InChI=1S/C22H31N5O2/c1-15-12-26(13-16-5-3-2-4-6-16)14-18(15)20-24-22(28)19-11-23-21(27(19)25-20)17-7-9-29-10-8-17/h2-5,11,15-18,21,23H,6-10,12-14H2,1H3,(H,24,25,28)/t15?,16?,18-,21?/m0/s1. The van der Waals surface area contributed by atoms with E-state index in [1.54, 1.807) is 0 Å². The van der Waals surface area contributed by atoms with Crippen LogP contribution in [0.1, 0.15) is 26.2 Å².